The quantitative estimate of drug-likeness (QED) is 0.665. The van der Waals surface area contributed by atoms with Gasteiger partial charge in [-0.2, -0.15) is 0 Å². The lowest BCUT2D eigenvalue weighted by Gasteiger charge is -2.10. The van der Waals surface area contributed by atoms with Crippen molar-refractivity contribution in [1.29, 1.82) is 0 Å². The van der Waals surface area contributed by atoms with Crippen LogP contribution in [0.25, 0.3) is 0 Å². The number of rotatable bonds is 3. The third kappa shape index (κ3) is 2.92. The van der Waals surface area contributed by atoms with Crippen LogP contribution >= 0.6 is 11.8 Å². The average molecular weight is 270 g/mol. The van der Waals surface area contributed by atoms with Gasteiger partial charge in [-0.15, -0.1) is 11.8 Å². The Hall–Kier alpha value is -1.76. The zero-order valence-electron chi connectivity index (χ0n) is 9.39. The number of benzene rings is 1. The van der Waals surface area contributed by atoms with Crippen LogP contribution < -0.4 is 5.73 Å². The predicted octanol–water partition coefficient (Wildman–Crippen LogP) is 1.48. The second kappa shape index (κ2) is 5.26. The summed E-state index contributed by atoms with van der Waals surface area (Å²) in [6.07, 6.45) is -0.626. The Labute approximate surface area is 107 Å². The number of thioether (sulfide) groups is 1. The molecule has 1 aliphatic rings. The number of nitrogens with two attached hydrogens (primary N) is 1. The minimum Gasteiger partial charge on any atom is -0.447 e. The van der Waals surface area contributed by atoms with E-state index in [2.05, 4.69) is 4.74 Å². The van der Waals surface area contributed by atoms with E-state index in [4.69, 9.17) is 5.73 Å². The van der Waals surface area contributed by atoms with Crippen LogP contribution in [0.5, 0.6) is 0 Å². The Bertz CT molecular complexity index is 475. The Morgan fingerprint density at radius 2 is 2.28 bits per heavy atom. The van der Waals surface area contributed by atoms with E-state index < -0.39 is 11.9 Å². The third-order valence-electron chi connectivity index (χ3n) is 2.32. The maximum Gasteiger partial charge on any atom is 0.416 e. The molecule has 2 rings (SSSR count). The zero-order chi connectivity index (χ0) is 13.1. The maximum absolute atomic E-state index is 13.1. The van der Waals surface area contributed by atoms with Crippen LogP contribution in [0.4, 0.5) is 14.9 Å². The van der Waals surface area contributed by atoms with E-state index in [0.717, 1.165) is 16.7 Å². The smallest absolute Gasteiger partial charge is 0.416 e. The molecule has 1 fully saturated rings. The molecule has 1 aromatic carbocycles. The van der Waals surface area contributed by atoms with Crippen LogP contribution in [-0.2, 0) is 9.53 Å². The van der Waals surface area contributed by atoms with Gasteiger partial charge in [0.2, 0.25) is 5.91 Å². The summed E-state index contributed by atoms with van der Waals surface area (Å²) in [6, 6.07) is 4.06. The Morgan fingerprint density at radius 1 is 1.50 bits per heavy atom. The van der Waals surface area contributed by atoms with Crippen molar-refractivity contribution >= 4 is 29.4 Å². The van der Waals surface area contributed by atoms with E-state index in [0.29, 0.717) is 10.6 Å². The SMILES string of the molecule is Nc1cc(F)cc(SCC(=O)N2CCOC2=O)c1. The number of carbonyl (C=O) groups is 2. The fourth-order valence-corrected chi connectivity index (χ4v) is 2.37. The van der Waals surface area contributed by atoms with E-state index in [1.807, 2.05) is 0 Å². The second-order valence-electron chi connectivity index (χ2n) is 3.67. The van der Waals surface area contributed by atoms with Crippen molar-refractivity contribution in [2.45, 2.75) is 4.90 Å². The normalized spacial score (nSPS) is 14.7. The van der Waals surface area contributed by atoms with Gasteiger partial charge in [-0.05, 0) is 18.2 Å². The molecular formula is C11H11FN2O3S. The molecule has 18 heavy (non-hydrogen) atoms. The number of cyclic esters (lactones) is 1. The Morgan fingerprint density at radius 3 is 2.89 bits per heavy atom. The molecule has 0 spiro atoms. The predicted molar refractivity (Wildman–Crippen MR) is 64.6 cm³/mol. The third-order valence-corrected chi connectivity index (χ3v) is 3.28. The van der Waals surface area contributed by atoms with Crippen molar-refractivity contribution in [3.05, 3.63) is 24.0 Å². The van der Waals surface area contributed by atoms with Crippen LogP contribution in [0.2, 0.25) is 0 Å². The molecule has 2 amide bonds. The van der Waals surface area contributed by atoms with Gasteiger partial charge >= 0.3 is 6.09 Å². The Balaban J connectivity index is 1.95. The largest absolute Gasteiger partial charge is 0.447 e. The monoisotopic (exact) mass is 270 g/mol. The van der Waals surface area contributed by atoms with Crippen LogP contribution in [0.15, 0.2) is 23.1 Å². The molecule has 0 radical (unpaired) electrons. The number of hydrogen-bond acceptors (Lipinski definition) is 5. The molecule has 96 valence electrons. The van der Waals surface area contributed by atoms with Gasteiger partial charge in [-0.1, -0.05) is 0 Å². The van der Waals surface area contributed by atoms with Crippen molar-refractivity contribution < 1.29 is 18.7 Å². The molecule has 1 heterocycles. The summed E-state index contributed by atoms with van der Waals surface area (Å²) in [5.74, 6) is -0.770. The van der Waals surface area contributed by atoms with E-state index in [1.54, 1.807) is 6.07 Å². The number of amides is 2. The lowest BCUT2D eigenvalue weighted by Crippen LogP contribution is -2.32. The van der Waals surface area contributed by atoms with Crippen molar-refractivity contribution in [3.63, 3.8) is 0 Å². The van der Waals surface area contributed by atoms with Gasteiger partial charge in [0.05, 0.1) is 12.3 Å². The number of nitrogens with zero attached hydrogens (tertiary/aromatic N) is 1. The second-order valence-corrected chi connectivity index (χ2v) is 4.72. The van der Waals surface area contributed by atoms with Crippen LogP contribution in [0.1, 0.15) is 0 Å². The molecule has 0 aliphatic carbocycles. The van der Waals surface area contributed by atoms with Gasteiger partial charge in [0, 0.05) is 10.6 Å². The summed E-state index contributed by atoms with van der Waals surface area (Å²) in [7, 11) is 0. The lowest BCUT2D eigenvalue weighted by atomic mass is 10.3. The number of anilines is 1. The molecule has 0 unspecified atom stereocenters. The highest BCUT2D eigenvalue weighted by Crippen LogP contribution is 2.22. The highest BCUT2D eigenvalue weighted by molar-refractivity contribution is 8.00. The molecule has 1 aromatic rings. The molecule has 0 saturated carbocycles. The number of carbonyl (C=O) groups excluding carboxylic acids is 2. The number of ether oxygens (including phenoxy) is 1. The van der Waals surface area contributed by atoms with Gasteiger partial charge in [0.25, 0.3) is 0 Å². The fourth-order valence-electron chi connectivity index (χ4n) is 1.51. The van der Waals surface area contributed by atoms with E-state index in [-0.39, 0.29) is 24.8 Å². The van der Waals surface area contributed by atoms with E-state index in [1.165, 1.54) is 12.1 Å². The first kappa shape index (κ1) is 12.7. The topological polar surface area (TPSA) is 72.6 Å². The van der Waals surface area contributed by atoms with Crippen molar-refractivity contribution in [2.24, 2.45) is 0 Å². The lowest BCUT2D eigenvalue weighted by molar-refractivity contribution is -0.125. The average Bonchev–Trinajstić information content (AvgIpc) is 2.71. The van der Waals surface area contributed by atoms with Gasteiger partial charge in [-0.3, -0.25) is 4.79 Å². The number of nitrogen functional groups attached to an aromatic ring is 1. The first-order valence-corrected chi connectivity index (χ1v) is 6.21. The fraction of sp³-hybridized carbons (Fsp3) is 0.273. The minimum atomic E-state index is -0.626. The maximum atomic E-state index is 13.1. The summed E-state index contributed by atoms with van der Waals surface area (Å²) in [5.41, 5.74) is 5.78. The van der Waals surface area contributed by atoms with E-state index in [9.17, 15) is 14.0 Å². The van der Waals surface area contributed by atoms with Gasteiger partial charge in [0.15, 0.2) is 0 Å². The zero-order valence-corrected chi connectivity index (χ0v) is 10.2. The summed E-state index contributed by atoms with van der Waals surface area (Å²) >= 11 is 1.13. The number of imide groups is 1. The van der Waals surface area contributed by atoms with E-state index >= 15 is 0 Å². The summed E-state index contributed by atoms with van der Waals surface area (Å²) in [4.78, 5) is 24.4. The standard InChI is InChI=1S/C11H11FN2O3S/c12-7-3-8(13)5-9(4-7)18-6-10(15)14-1-2-17-11(14)16/h3-5H,1-2,6,13H2. The molecule has 7 heteroatoms. The number of hydrogen-bond donors (Lipinski definition) is 1. The van der Waals surface area contributed by atoms with Crippen molar-refractivity contribution in [1.82, 2.24) is 4.90 Å². The molecule has 1 aliphatic heterocycles. The minimum absolute atomic E-state index is 0.0397. The Kier molecular flexibility index (Phi) is 3.71. The number of halogens is 1. The highest BCUT2D eigenvalue weighted by atomic mass is 32.2. The van der Waals surface area contributed by atoms with Crippen molar-refractivity contribution in [2.75, 3.05) is 24.6 Å². The highest BCUT2D eigenvalue weighted by Gasteiger charge is 2.27. The molecule has 5 nitrogen and oxygen atoms in total. The van der Waals surface area contributed by atoms with Gasteiger partial charge in [0.1, 0.15) is 12.4 Å². The summed E-state index contributed by atoms with van der Waals surface area (Å²) in [5, 5.41) is 0. The van der Waals surface area contributed by atoms with Crippen LogP contribution in [0, 0.1) is 5.82 Å². The van der Waals surface area contributed by atoms with Crippen LogP contribution in [0.3, 0.4) is 0 Å². The molecule has 0 atom stereocenters. The molecule has 0 aromatic heterocycles. The summed E-state index contributed by atoms with van der Waals surface area (Å²) < 4.78 is 17.7. The van der Waals surface area contributed by atoms with Crippen LogP contribution in [-0.4, -0.2) is 35.8 Å². The van der Waals surface area contributed by atoms with Crippen molar-refractivity contribution in [3.8, 4) is 0 Å². The first-order chi connectivity index (χ1) is 8.56. The molecule has 2 N–H and O–H groups in total. The van der Waals surface area contributed by atoms with Gasteiger partial charge < -0.3 is 10.5 Å². The summed E-state index contributed by atoms with van der Waals surface area (Å²) in [6.45, 7) is 0.492. The molecule has 1 saturated heterocycles. The molecule has 0 bridgehead atoms. The van der Waals surface area contributed by atoms with Gasteiger partial charge in [-0.25, -0.2) is 14.1 Å². The molecular weight excluding hydrogens is 259 g/mol. The first-order valence-electron chi connectivity index (χ1n) is 5.22.